The van der Waals surface area contributed by atoms with E-state index in [1.165, 1.54) is 0 Å². The van der Waals surface area contributed by atoms with Crippen molar-refractivity contribution >= 4 is 40.4 Å². The van der Waals surface area contributed by atoms with E-state index in [9.17, 15) is 14.7 Å². The molecule has 0 spiro atoms. The fraction of sp³-hybridized carbons (Fsp3) is 0.429. The van der Waals surface area contributed by atoms with Crippen LogP contribution in [0.2, 0.25) is 0 Å². The molecule has 2 amide bonds. The molecule has 38 heavy (non-hydrogen) atoms. The van der Waals surface area contributed by atoms with Crippen LogP contribution >= 0.6 is 11.8 Å². The number of aryl methyl sites for hydroxylation is 2. The van der Waals surface area contributed by atoms with Gasteiger partial charge in [-0.15, -0.1) is 16.9 Å². The summed E-state index contributed by atoms with van der Waals surface area (Å²) in [5.41, 5.74) is 2.51. The lowest BCUT2D eigenvalue weighted by molar-refractivity contribution is 0.0552. The molecule has 2 N–H and O–H groups in total. The number of amides is 2. The number of carbonyl (C=O) groups is 2. The van der Waals surface area contributed by atoms with Crippen molar-refractivity contribution in [2.24, 2.45) is 10.2 Å². The molecule has 1 aliphatic rings. The molecule has 4 rings (SSSR count). The fourth-order valence-electron chi connectivity index (χ4n) is 4.43. The third-order valence-electron chi connectivity index (χ3n) is 6.59. The van der Waals surface area contributed by atoms with Gasteiger partial charge in [0.1, 0.15) is 0 Å². The highest BCUT2D eigenvalue weighted by molar-refractivity contribution is 7.99. The van der Waals surface area contributed by atoms with Crippen LogP contribution in [0.4, 0.5) is 10.5 Å². The van der Waals surface area contributed by atoms with Crippen LogP contribution < -0.4 is 0 Å². The molecule has 1 aliphatic heterocycles. The first kappa shape index (κ1) is 27.7. The molecule has 0 aliphatic carbocycles. The van der Waals surface area contributed by atoms with Crippen molar-refractivity contribution in [2.45, 2.75) is 50.5 Å². The van der Waals surface area contributed by atoms with Crippen LogP contribution in [0.3, 0.4) is 0 Å². The minimum Gasteiger partial charge on any atom is -0.493 e. The summed E-state index contributed by atoms with van der Waals surface area (Å²) < 4.78 is 7.16. The van der Waals surface area contributed by atoms with Crippen LogP contribution in [0.25, 0.3) is 10.9 Å². The molecule has 1 fully saturated rings. The summed E-state index contributed by atoms with van der Waals surface area (Å²) in [7, 11) is 0. The Kier molecular flexibility index (Phi) is 9.78. The highest BCUT2D eigenvalue weighted by atomic mass is 32.2. The zero-order valence-electron chi connectivity index (χ0n) is 21.6. The monoisotopic (exact) mass is 538 g/mol. The number of urea groups is 1. The molecule has 3 aromatic rings. The number of unbranched alkanes of at least 4 members (excludes halogenated alkanes) is 3. The second-order valence-electron chi connectivity index (χ2n) is 9.25. The molecule has 9 nitrogen and oxygen atoms in total. The average molecular weight is 539 g/mol. The first-order chi connectivity index (χ1) is 18.5. The number of benzene rings is 2. The van der Waals surface area contributed by atoms with Gasteiger partial charge in [0.05, 0.1) is 24.3 Å². The Balaban J connectivity index is 1.52. The largest absolute Gasteiger partial charge is 0.493 e. The van der Waals surface area contributed by atoms with Crippen molar-refractivity contribution < 1.29 is 24.5 Å². The predicted molar refractivity (Wildman–Crippen MR) is 148 cm³/mol. The summed E-state index contributed by atoms with van der Waals surface area (Å²) in [5.74, 6) is -0.108. The van der Waals surface area contributed by atoms with E-state index in [1.54, 1.807) is 28.8 Å². The minimum atomic E-state index is -0.931. The zero-order chi connectivity index (χ0) is 26.9. The summed E-state index contributed by atoms with van der Waals surface area (Å²) in [4.78, 5) is 26.2. The number of aromatic nitrogens is 1. The Labute approximate surface area is 226 Å². The highest BCUT2D eigenvalue weighted by Gasteiger charge is 2.20. The molecule has 10 heteroatoms. The maximum Gasteiger partial charge on any atom is 0.362 e. The Hall–Kier alpha value is -3.37. The summed E-state index contributed by atoms with van der Waals surface area (Å²) >= 11 is 1.67. The van der Waals surface area contributed by atoms with Crippen LogP contribution in [0.5, 0.6) is 5.88 Å². The number of aromatic carboxylic acids is 1. The Morgan fingerprint density at radius 3 is 2.53 bits per heavy atom. The molecular weight excluding hydrogens is 504 g/mol. The van der Waals surface area contributed by atoms with Crippen LogP contribution in [-0.2, 0) is 17.7 Å². The van der Waals surface area contributed by atoms with Gasteiger partial charge in [-0.25, -0.2) is 9.59 Å². The van der Waals surface area contributed by atoms with Gasteiger partial charge in [-0.1, -0.05) is 43.4 Å². The number of fused-ring (bicyclic) bond motifs is 1. The second-order valence-corrected chi connectivity index (χ2v) is 10.4. The number of thioether (sulfide) groups is 1. The van der Waals surface area contributed by atoms with E-state index in [0.717, 1.165) is 59.2 Å². The maximum atomic E-state index is 12.6. The number of carboxylic acids is 1. The van der Waals surface area contributed by atoms with Crippen molar-refractivity contribution in [3.8, 4) is 5.88 Å². The number of hydrogen-bond donors (Lipinski definition) is 2. The van der Waals surface area contributed by atoms with E-state index in [1.807, 2.05) is 34.9 Å². The SMILES string of the molecule is CCCCCCn1c(O)c(N=NC(=O)N2CCOCC2)c2cc(SCCc3ccc(C(=O)O)cc3)ccc21. The molecular formula is C28H34N4O5S. The molecule has 0 unspecified atom stereocenters. The first-order valence-electron chi connectivity index (χ1n) is 13.1. The van der Waals surface area contributed by atoms with Gasteiger partial charge in [-0.05, 0) is 48.7 Å². The van der Waals surface area contributed by atoms with Crippen molar-refractivity contribution in [2.75, 3.05) is 32.1 Å². The number of hydrogen-bond acceptors (Lipinski definition) is 6. The third-order valence-corrected chi connectivity index (χ3v) is 7.59. The molecule has 2 heterocycles. The Bertz CT molecular complexity index is 1280. The predicted octanol–water partition coefficient (Wildman–Crippen LogP) is 6.50. The highest BCUT2D eigenvalue weighted by Crippen LogP contribution is 2.41. The summed E-state index contributed by atoms with van der Waals surface area (Å²) in [6.45, 7) is 4.73. The molecule has 2 aromatic carbocycles. The van der Waals surface area contributed by atoms with Gasteiger partial charge in [0.15, 0.2) is 5.69 Å². The van der Waals surface area contributed by atoms with Crippen LogP contribution in [0, 0.1) is 0 Å². The smallest absolute Gasteiger partial charge is 0.362 e. The lowest BCUT2D eigenvalue weighted by Crippen LogP contribution is -2.39. The van der Waals surface area contributed by atoms with E-state index in [2.05, 4.69) is 17.2 Å². The molecule has 0 bridgehead atoms. The van der Waals surface area contributed by atoms with E-state index >= 15 is 0 Å². The number of aromatic hydroxyl groups is 1. The van der Waals surface area contributed by atoms with Crippen LogP contribution in [-0.4, -0.2) is 63.7 Å². The lowest BCUT2D eigenvalue weighted by atomic mass is 10.1. The fourth-order valence-corrected chi connectivity index (χ4v) is 5.36. The lowest BCUT2D eigenvalue weighted by Gasteiger charge is -2.24. The van der Waals surface area contributed by atoms with Crippen molar-refractivity contribution in [1.82, 2.24) is 9.47 Å². The number of nitrogens with zero attached hydrogens (tertiary/aromatic N) is 4. The topological polar surface area (TPSA) is 117 Å². The van der Waals surface area contributed by atoms with Gasteiger partial charge in [0, 0.05) is 35.7 Å². The summed E-state index contributed by atoms with van der Waals surface area (Å²) in [6, 6.07) is 12.5. The molecule has 1 aromatic heterocycles. The van der Waals surface area contributed by atoms with Crippen LogP contribution in [0.15, 0.2) is 57.6 Å². The van der Waals surface area contributed by atoms with Gasteiger partial charge in [-0.2, -0.15) is 0 Å². The van der Waals surface area contributed by atoms with Gasteiger partial charge < -0.3 is 24.4 Å². The summed E-state index contributed by atoms with van der Waals surface area (Å²) in [5, 5.41) is 29.1. The van der Waals surface area contributed by atoms with E-state index in [0.29, 0.717) is 38.5 Å². The quantitative estimate of drug-likeness (QED) is 0.164. The average Bonchev–Trinajstić information content (AvgIpc) is 3.20. The van der Waals surface area contributed by atoms with Crippen molar-refractivity contribution in [3.05, 3.63) is 53.6 Å². The molecule has 0 radical (unpaired) electrons. The maximum absolute atomic E-state index is 12.6. The number of azo groups is 1. The second kappa shape index (κ2) is 13.4. The normalized spacial score (nSPS) is 14.0. The van der Waals surface area contributed by atoms with Gasteiger partial charge in [0.2, 0.25) is 5.88 Å². The van der Waals surface area contributed by atoms with Gasteiger partial charge in [-0.3, -0.25) is 0 Å². The van der Waals surface area contributed by atoms with Gasteiger partial charge >= 0.3 is 12.0 Å². The van der Waals surface area contributed by atoms with E-state index < -0.39 is 12.0 Å². The third kappa shape index (κ3) is 6.93. The molecule has 0 atom stereocenters. The Morgan fingerprint density at radius 1 is 1.05 bits per heavy atom. The first-order valence-corrected chi connectivity index (χ1v) is 14.0. The molecule has 0 saturated carbocycles. The standard InChI is InChI=1S/C28H34N4O5S/c1-2-3-4-5-13-32-24-11-10-22(38-18-12-20-6-8-21(9-7-20)27(34)35)19-23(24)25(26(32)33)29-30-28(36)31-14-16-37-17-15-31/h6-11,19,33H,2-5,12-18H2,1H3,(H,34,35). The molecule has 1 saturated heterocycles. The van der Waals surface area contributed by atoms with E-state index in [-0.39, 0.29) is 11.4 Å². The van der Waals surface area contributed by atoms with Crippen LogP contribution in [0.1, 0.15) is 48.5 Å². The van der Waals surface area contributed by atoms with Gasteiger partial charge in [0.25, 0.3) is 0 Å². The number of morpholine rings is 1. The minimum absolute atomic E-state index is 0.0238. The number of carbonyl (C=O) groups excluding carboxylic acids is 1. The number of carboxylic acid groups (broad SMARTS) is 1. The van der Waals surface area contributed by atoms with Crippen molar-refractivity contribution in [1.29, 1.82) is 0 Å². The molecule has 202 valence electrons. The zero-order valence-corrected chi connectivity index (χ0v) is 22.5. The van der Waals surface area contributed by atoms with Crippen molar-refractivity contribution in [3.63, 3.8) is 0 Å². The number of rotatable bonds is 11. The summed E-state index contributed by atoms with van der Waals surface area (Å²) in [6.07, 6.45) is 5.06. The number of ether oxygens (including phenoxy) is 1. The Morgan fingerprint density at radius 2 is 1.82 bits per heavy atom. The van der Waals surface area contributed by atoms with E-state index in [4.69, 9.17) is 9.84 Å².